The number of carbonyl (C=O) groups excluding carboxylic acids is 1. The van der Waals surface area contributed by atoms with Crippen LogP contribution >= 0.6 is 0 Å². The molecule has 0 saturated carbocycles. The van der Waals surface area contributed by atoms with Crippen molar-refractivity contribution in [2.24, 2.45) is 0 Å². The first-order valence-electron chi connectivity index (χ1n) is 5.04. The first-order valence-corrected chi connectivity index (χ1v) is 6.65. The second kappa shape index (κ2) is 5.46. The van der Waals surface area contributed by atoms with Crippen LogP contribution in [0.25, 0.3) is 0 Å². The summed E-state index contributed by atoms with van der Waals surface area (Å²) in [6.45, 7) is 6.82. The summed E-state index contributed by atoms with van der Waals surface area (Å²) in [6, 6.07) is 0. The zero-order valence-corrected chi connectivity index (χ0v) is 10.6. The molecule has 0 bridgehead atoms. The van der Waals surface area contributed by atoms with Gasteiger partial charge in [0.25, 0.3) is 0 Å². The quantitative estimate of drug-likeness (QED) is 0.495. The lowest BCUT2D eigenvalue weighted by molar-refractivity contribution is -0.800. The van der Waals surface area contributed by atoms with E-state index < -0.39 is 21.7 Å². The normalized spacial score (nSPS) is 12.5. The highest BCUT2D eigenvalue weighted by atomic mass is 32.2. The zero-order valence-electron chi connectivity index (χ0n) is 9.82. The molecule has 6 heteroatoms. The number of ether oxygens (including phenoxy) is 1. The maximum absolute atomic E-state index is 12.0. The molecule has 0 aliphatic carbocycles. The van der Waals surface area contributed by atoms with Gasteiger partial charge < -0.3 is 4.74 Å². The summed E-state index contributed by atoms with van der Waals surface area (Å²) in [5.41, 5.74) is 0. The van der Waals surface area contributed by atoms with Crippen LogP contribution in [0.2, 0.25) is 0 Å². The van der Waals surface area contributed by atoms with E-state index >= 15 is 0 Å². The van der Waals surface area contributed by atoms with Crippen LogP contribution in [0.3, 0.4) is 0 Å². The van der Waals surface area contributed by atoms with Crippen LogP contribution in [0.5, 0.6) is 0 Å². The highest BCUT2D eigenvalue weighted by Gasteiger charge is 2.39. The largest absolute Gasteiger partial charge is 0.468 e. The Morgan fingerprint density at radius 3 is 1.80 bits per heavy atom. The van der Waals surface area contributed by atoms with Crippen molar-refractivity contribution in [2.75, 3.05) is 32.5 Å². The van der Waals surface area contributed by atoms with E-state index in [4.69, 9.17) is 0 Å². The number of nitrogens with zero attached hydrogens (tertiary/aromatic N) is 1. The van der Waals surface area contributed by atoms with Gasteiger partial charge in [0, 0.05) is 0 Å². The second-order valence-corrected chi connectivity index (χ2v) is 5.54. The Labute approximate surface area is 91.7 Å². The molecule has 0 radical (unpaired) electrons. The summed E-state index contributed by atoms with van der Waals surface area (Å²) >= 11 is 0. The van der Waals surface area contributed by atoms with Gasteiger partial charge in [-0.2, -0.15) is 8.42 Å². The maximum Gasteiger partial charge on any atom is 0.326 e. The molecule has 90 valence electrons. The number of hydrogen-bond donors (Lipinski definition) is 0. The molecule has 0 saturated heterocycles. The molecule has 0 amide bonds. The Kier molecular flexibility index (Phi) is 5.23. The molecule has 0 aromatic rings. The van der Waals surface area contributed by atoms with Crippen LogP contribution in [0.1, 0.15) is 20.8 Å². The summed E-state index contributed by atoms with van der Waals surface area (Å²) in [5, 5.41) is 0. The monoisotopic (exact) mass is 238 g/mol. The molecule has 0 fully saturated rings. The minimum Gasteiger partial charge on any atom is -0.468 e. The van der Waals surface area contributed by atoms with Crippen molar-refractivity contribution in [1.29, 1.82) is 0 Å². The number of sulfonamides is 1. The third kappa shape index (κ3) is 2.92. The van der Waals surface area contributed by atoms with Crippen molar-refractivity contribution >= 4 is 16.0 Å². The van der Waals surface area contributed by atoms with Gasteiger partial charge in [-0.3, -0.25) is 4.79 Å². The minimum absolute atomic E-state index is 0.0674. The van der Waals surface area contributed by atoms with Crippen molar-refractivity contribution in [3.05, 3.63) is 0 Å². The summed E-state index contributed by atoms with van der Waals surface area (Å²) in [5.74, 6) is -1.24. The fourth-order valence-corrected chi connectivity index (χ4v) is 3.48. The van der Waals surface area contributed by atoms with Gasteiger partial charge in [0.2, 0.25) is 0 Å². The molecule has 0 aromatic carbocycles. The molecule has 15 heavy (non-hydrogen) atoms. The Balaban J connectivity index is 5.05. The molecule has 0 aromatic heterocycles. The average Bonchev–Trinajstić information content (AvgIpc) is 2.20. The van der Waals surface area contributed by atoms with Crippen LogP contribution < -0.4 is 0 Å². The number of rotatable bonds is 6. The number of methoxy groups -OCH3 is 1. The molecular weight excluding hydrogens is 218 g/mol. The van der Waals surface area contributed by atoms with Gasteiger partial charge in [0.1, 0.15) is 0 Å². The Bertz CT molecular complexity index is 298. The number of hydrogen-bond acceptors (Lipinski definition) is 4. The average molecular weight is 238 g/mol. The Morgan fingerprint density at radius 2 is 1.53 bits per heavy atom. The van der Waals surface area contributed by atoms with Crippen LogP contribution in [0.4, 0.5) is 0 Å². The lowest BCUT2D eigenvalue weighted by atomic mass is 10.5. The molecule has 0 rings (SSSR count). The number of quaternary nitrogens is 1. The van der Waals surface area contributed by atoms with Gasteiger partial charge in [-0.1, -0.05) is 0 Å². The van der Waals surface area contributed by atoms with E-state index in [1.165, 1.54) is 7.11 Å². The SMILES string of the molecule is CC[N+](CC)(CC)S(=O)(=O)CC(=O)OC. The topological polar surface area (TPSA) is 60.4 Å². The van der Waals surface area contributed by atoms with Crippen molar-refractivity contribution in [1.82, 2.24) is 0 Å². The van der Waals surface area contributed by atoms with Crippen molar-refractivity contribution < 1.29 is 21.8 Å². The fraction of sp³-hybridized carbons (Fsp3) is 0.889. The standard InChI is InChI=1S/C9H20NO4S/c1-5-10(6-2,7-3)15(12,13)8-9(11)14-4/h5-8H2,1-4H3/q+1. The highest BCUT2D eigenvalue weighted by Crippen LogP contribution is 2.15. The summed E-state index contributed by atoms with van der Waals surface area (Å²) in [6.07, 6.45) is 0. The van der Waals surface area contributed by atoms with Crippen LogP contribution in [-0.4, -0.2) is 50.8 Å². The number of esters is 1. The summed E-state index contributed by atoms with van der Waals surface area (Å²) in [4.78, 5) is 11.0. The third-order valence-corrected chi connectivity index (χ3v) is 5.40. The van der Waals surface area contributed by atoms with E-state index in [1.54, 1.807) is 0 Å². The van der Waals surface area contributed by atoms with E-state index in [2.05, 4.69) is 4.74 Å². The fourth-order valence-electron chi connectivity index (χ4n) is 1.61. The predicted molar refractivity (Wildman–Crippen MR) is 57.7 cm³/mol. The molecule has 0 aliphatic rings. The number of carbonyl (C=O) groups is 1. The van der Waals surface area contributed by atoms with Gasteiger partial charge in [-0.05, 0) is 20.8 Å². The van der Waals surface area contributed by atoms with Gasteiger partial charge in [0.15, 0.2) is 5.75 Å². The van der Waals surface area contributed by atoms with Crippen molar-refractivity contribution in [2.45, 2.75) is 20.8 Å². The molecule has 0 aliphatic heterocycles. The van der Waals surface area contributed by atoms with E-state index in [0.717, 1.165) is 0 Å². The smallest absolute Gasteiger partial charge is 0.326 e. The van der Waals surface area contributed by atoms with Crippen molar-refractivity contribution in [3.8, 4) is 0 Å². The Hall–Kier alpha value is -0.620. The van der Waals surface area contributed by atoms with Crippen LogP contribution in [0.15, 0.2) is 0 Å². The van der Waals surface area contributed by atoms with Gasteiger partial charge in [-0.25, -0.2) is 3.89 Å². The van der Waals surface area contributed by atoms with Crippen LogP contribution in [-0.2, 0) is 19.6 Å². The molecular formula is C9H20NO4S+. The third-order valence-electron chi connectivity index (χ3n) is 2.85. The Morgan fingerprint density at radius 1 is 1.13 bits per heavy atom. The molecule has 0 spiro atoms. The van der Waals surface area contributed by atoms with Gasteiger partial charge in [0.05, 0.1) is 26.7 Å². The molecule has 0 unspecified atom stereocenters. The maximum atomic E-state index is 12.0. The first-order chi connectivity index (χ1) is 6.89. The van der Waals surface area contributed by atoms with Gasteiger partial charge in [-0.15, -0.1) is 0 Å². The molecule has 0 N–H and O–H groups in total. The molecule has 5 nitrogen and oxygen atoms in total. The first kappa shape index (κ1) is 14.4. The lowest BCUT2D eigenvalue weighted by Gasteiger charge is -2.33. The summed E-state index contributed by atoms with van der Waals surface area (Å²) < 4.78 is 28.3. The van der Waals surface area contributed by atoms with Crippen LogP contribution in [0, 0.1) is 0 Å². The van der Waals surface area contributed by atoms with Gasteiger partial charge >= 0.3 is 16.0 Å². The van der Waals surface area contributed by atoms with E-state index in [0.29, 0.717) is 19.6 Å². The summed E-state index contributed by atoms with van der Waals surface area (Å²) in [7, 11) is -2.29. The van der Waals surface area contributed by atoms with Crippen molar-refractivity contribution in [3.63, 3.8) is 0 Å². The lowest BCUT2D eigenvalue weighted by Crippen LogP contribution is -2.54. The highest BCUT2D eigenvalue weighted by molar-refractivity contribution is 7.86. The molecule has 0 atom stereocenters. The second-order valence-electron chi connectivity index (χ2n) is 3.31. The minimum atomic E-state index is -3.48. The van der Waals surface area contributed by atoms with E-state index in [-0.39, 0.29) is 3.89 Å². The molecule has 0 heterocycles. The van der Waals surface area contributed by atoms with E-state index in [9.17, 15) is 13.2 Å². The predicted octanol–water partition coefficient (Wildman–Crippen LogP) is 0.366. The zero-order chi connectivity index (χ0) is 12.1. The van der Waals surface area contributed by atoms with E-state index in [1.807, 2.05) is 20.8 Å².